The van der Waals surface area contributed by atoms with Gasteiger partial charge in [-0.2, -0.15) is 0 Å². The van der Waals surface area contributed by atoms with Crippen molar-refractivity contribution < 1.29 is 4.74 Å². The van der Waals surface area contributed by atoms with Gasteiger partial charge in [-0.05, 0) is 24.6 Å². The third-order valence-corrected chi connectivity index (χ3v) is 1.89. The molecule has 0 aliphatic heterocycles. The summed E-state index contributed by atoms with van der Waals surface area (Å²) in [5, 5.41) is 0.483. The van der Waals surface area contributed by atoms with E-state index in [9.17, 15) is 0 Å². The molecule has 1 rings (SSSR count). The molecule has 76 valence electrons. The van der Waals surface area contributed by atoms with Gasteiger partial charge in [-0.1, -0.05) is 30.3 Å². The molecule has 0 aromatic heterocycles. The second-order valence-corrected chi connectivity index (χ2v) is 3.70. The molecule has 0 spiro atoms. The Morgan fingerprint density at radius 1 is 1.64 bits per heavy atom. The van der Waals surface area contributed by atoms with Crippen LogP contribution >= 0.6 is 11.6 Å². The van der Waals surface area contributed by atoms with E-state index in [1.807, 2.05) is 31.2 Å². The van der Waals surface area contributed by atoms with Crippen LogP contribution in [0.2, 0.25) is 0 Å². The fourth-order valence-corrected chi connectivity index (χ4v) is 1.10. The van der Waals surface area contributed by atoms with Crippen LogP contribution in [-0.4, -0.2) is 6.61 Å². The minimum atomic E-state index is 0.0118. The maximum Gasteiger partial charge on any atom is 0.123 e. The van der Waals surface area contributed by atoms with Crippen molar-refractivity contribution in [2.75, 3.05) is 6.61 Å². The molecule has 14 heavy (non-hydrogen) atoms. The maximum atomic E-state index is 5.74. The molecule has 1 aromatic rings. The van der Waals surface area contributed by atoms with Crippen molar-refractivity contribution in [3.05, 3.63) is 41.4 Å². The van der Waals surface area contributed by atoms with Crippen molar-refractivity contribution in [1.29, 1.82) is 0 Å². The Bertz CT molecular complexity index is 323. The lowest BCUT2D eigenvalue weighted by molar-refractivity contribution is 0.359. The van der Waals surface area contributed by atoms with Crippen molar-refractivity contribution >= 4 is 11.6 Å². The summed E-state index contributed by atoms with van der Waals surface area (Å²) in [4.78, 5) is 0. The first-order valence-electron chi connectivity index (χ1n) is 4.41. The quantitative estimate of drug-likeness (QED) is 0.831. The van der Waals surface area contributed by atoms with Gasteiger partial charge in [0.05, 0.1) is 0 Å². The lowest BCUT2D eigenvalue weighted by Gasteiger charge is -2.09. The molecular weight excluding hydrogens is 198 g/mol. The molecule has 2 nitrogen and oxygen atoms in total. The lowest BCUT2D eigenvalue weighted by atomic mass is 10.1. The third kappa shape index (κ3) is 3.40. The van der Waals surface area contributed by atoms with Gasteiger partial charge >= 0.3 is 0 Å². The molecular formula is C11H14ClNO. The molecule has 0 aliphatic rings. The summed E-state index contributed by atoms with van der Waals surface area (Å²) in [5.74, 6) is 0.765. The van der Waals surface area contributed by atoms with Gasteiger partial charge in [0.2, 0.25) is 0 Å². The van der Waals surface area contributed by atoms with E-state index in [0.29, 0.717) is 11.6 Å². The zero-order chi connectivity index (χ0) is 10.6. The van der Waals surface area contributed by atoms with E-state index in [-0.39, 0.29) is 6.04 Å². The fraction of sp³-hybridized carbons (Fsp3) is 0.273. The average Bonchev–Trinajstić information content (AvgIpc) is 2.15. The normalized spacial score (nSPS) is 12.2. The monoisotopic (exact) mass is 211 g/mol. The summed E-state index contributed by atoms with van der Waals surface area (Å²) >= 11 is 5.59. The Morgan fingerprint density at radius 3 is 2.93 bits per heavy atom. The number of hydrogen-bond donors (Lipinski definition) is 1. The maximum absolute atomic E-state index is 5.74. The molecule has 0 unspecified atom stereocenters. The largest absolute Gasteiger partial charge is 0.488 e. The van der Waals surface area contributed by atoms with Gasteiger partial charge in [-0.25, -0.2) is 0 Å². The Hall–Kier alpha value is -0.990. The summed E-state index contributed by atoms with van der Waals surface area (Å²) in [5.41, 5.74) is 6.78. The fourth-order valence-electron chi connectivity index (χ4n) is 1.05. The number of benzene rings is 1. The van der Waals surface area contributed by atoms with Gasteiger partial charge in [0, 0.05) is 11.1 Å². The Morgan fingerprint density at radius 2 is 2.36 bits per heavy atom. The van der Waals surface area contributed by atoms with Crippen molar-refractivity contribution in [2.24, 2.45) is 5.73 Å². The summed E-state index contributed by atoms with van der Waals surface area (Å²) in [7, 11) is 0. The van der Waals surface area contributed by atoms with Crippen molar-refractivity contribution in [1.82, 2.24) is 0 Å². The van der Waals surface area contributed by atoms with Crippen LogP contribution in [-0.2, 0) is 0 Å². The molecule has 0 radical (unpaired) electrons. The number of hydrogen-bond acceptors (Lipinski definition) is 2. The molecule has 0 saturated carbocycles. The third-order valence-electron chi connectivity index (χ3n) is 1.78. The second kappa shape index (κ2) is 5.03. The number of nitrogens with two attached hydrogens (primary N) is 1. The Labute approximate surface area is 89.3 Å². The first kappa shape index (κ1) is 11.1. The second-order valence-electron chi connectivity index (χ2n) is 3.17. The van der Waals surface area contributed by atoms with Crippen LogP contribution in [0.1, 0.15) is 18.5 Å². The minimum absolute atomic E-state index is 0.0118. The number of rotatable bonds is 4. The first-order valence-corrected chi connectivity index (χ1v) is 4.79. The highest BCUT2D eigenvalue weighted by molar-refractivity contribution is 6.29. The van der Waals surface area contributed by atoms with Crippen LogP contribution in [0, 0.1) is 0 Å². The Kier molecular flexibility index (Phi) is 3.98. The van der Waals surface area contributed by atoms with E-state index in [0.717, 1.165) is 11.3 Å². The summed E-state index contributed by atoms with van der Waals surface area (Å²) < 4.78 is 5.37. The SMILES string of the molecule is C=C(Cl)COc1cccc([C@H](C)N)c1. The van der Waals surface area contributed by atoms with Crippen molar-refractivity contribution in [2.45, 2.75) is 13.0 Å². The molecule has 3 heteroatoms. The molecule has 2 N–H and O–H groups in total. The molecule has 0 amide bonds. The van der Waals surface area contributed by atoms with Gasteiger partial charge in [0.15, 0.2) is 0 Å². The number of ether oxygens (including phenoxy) is 1. The molecule has 0 aliphatic carbocycles. The predicted molar refractivity (Wildman–Crippen MR) is 59.5 cm³/mol. The number of halogens is 1. The van der Waals surface area contributed by atoms with E-state index < -0.39 is 0 Å². The summed E-state index contributed by atoms with van der Waals surface area (Å²) in [6.07, 6.45) is 0. The minimum Gasteiger partial charge on any atom is -0.488 e. The van der Waals surface area contributed by atoms with E-state index >= 15 is 0 Å². The van der Waals surface area contributed by atoms with Gasteiger partial charge < -0.3 is 10.5 Å². The highest BCUT2D eigenvalue weighted by Gasteiger charge is 2.01. The molecule has 1 atom stereocenters. The summed E-state index contributed by atoms with van der Waals surface area (Å²) in [6, 6.07) is 7.66. The highest BCUT2D eigenvalue weighted by Crippen LogP contribution is 2.18. The standard InChI is InChI=1S/C11H14ClNO/c1-8(12)7-14-11-5-3-4-10(6-11)9(2)13/h3-6,9H,1,7,13H2,2H3/t9-/m0/s1. The first-order chi connectivity index (χ1) is 6.59. The Balaban J connectivity index is 2.68. The van der Waals surface area contributed by atoms with Crippen molar-refractivity contribution in [3.63, 3.8) is 0 Å². The van der Waals surface area contributed by atoms with Gasteiger partial charge in [0.25, 0.3) is 0 Å². The zero-order valence-corrected chi connectivity index (χ0v) is 8.92. The van der Waals surface area contributed by atoms with E-state index in [1.54, 1.807) is 0 Å². The van der Waals surface area contributed by atoms with Crippen molar-refractivity contribution in [3.8, 4) is 5.75 Å². The van der Waals surface area contributed by atoms with Gasteiger partial charge in [-0.3, -0.25) is 0 Å². The lowest BCUT2D eigenvalue weighted by Crippen LogP contribution is -2.05. The smallest absolute Gasteiger partial charge is 0.123 e. The van der Waals surface area contributed by atoms with Crippen LogP contribution in [0.4, 0.5) is 0 Å². The van der Waals surface area contributed by atoms with Crippen LogP contribution < -0.4 is 10.5 Å². The molecule has 0 bridgehead atoms. The van der Waals surface area contributed by atoms with E-state index in [2.05, 4.69) is 6.58 Å². The van der Waals surface area contributed by atoms with E-state index in [4.69, 9.17) is 22.1 Å². The topological polar surface area (TPSA) is 35.2 Å². The summed E-state index contributed by atoms with van der Waals surface area (Å²) in [6.45, 7) is 5.80. The van der Waals surface area contributed by atoms with Crippen LogP contribution in [0.25, 0.3) is 0 Å². The van der Waals surface area contributed by atoms with Gasteiger partial charge in [-0.15, -0.1) is 0 Å². The highest BCUT2D eigenvalue weighted by atomic mass is 35.5. The molecule has 0 saturated heterocycles. The van der Waals surface area contributed by atoms with Crippen LogP contribution in [0.15, 0.2) is 35.9 Å². The van der Waals surface area contributed by atoms with Crippen LogP contribution in [0.3, 0.4) is 0 Å². The molecule has 0 fully saturated rings. The van der Waals surface area contributed by atoms with Crippen LogP contribution in [0.5, 0.6) is 5.75 Å². The van der Waals surface area contributed by atoms with E-state index in [1.165, 1.54) is 0 Å². The average molecular weight is 212 g/mol. The molecule has 1 aromatic carbocycles. The zero-order valence-electron chi connectivity index (χ0n) is 8.16. The van der Waals surface area contributed by atoms with Gasteiger partial charge in [0.1, 0.15) is 12.4 Å². The molecule has 0 heterocycles. The predicted octanol–water partition coefficient (Wildman–Crippen LogP) is 2.84.